The van der Waals surface area contributed by atoms with E-state index in [0.717, 1.165) is 6.42 Å². The molecule has 0 aromatic heterocycles. The van der Waals surface area contributed by atoms with Gasteiger partial charge in [-0.3, -0.25) is 0 Å². The average molecular weight is 283 g/mol. The molecule has 1 atom stereocenters. The summed E-state index contributed by atoms with van der Waals surface area (Å²) in [6, 6.07) is 17.9. The number of rotatable bonds is 3. The van der Waals surface area contributed by atoms with Crippen LogP contribution in [0.15, 0.2) is 53.4 Å². The van der Waals surface area contributed by atoms with Crippen LogP contribution in [-0.2, 0) is 6.42 Å². The number of anilines is 1. The summed E-state index contributed by atoms with van der Waals surface area (Å²) in [5, 5.41) is 3.75. The van der Waals surface area contributed by atoms with Crippen molar-refractivity contribution in [1.82, 2.24) is 0 Å². The highest BCUT2D eigenvalue weighted by Gasteiger charge is 2.38. The predicted octanol–water partition coefficient (Wildman–Crippen LogP) is 5.14. The first-order valence-electron chi connectivity index (χ1n) is 7.08. The Morgan fingerprint density at radius 3 is 2.70 bits per heavy atom. The van der Waals surface area contributed by atoms with Gasteiger partial charge in [0.05, 0.1) is 6.04 Å². The minimum absolute atomic E-state index is 0.249. The van der Waals surface area contributed by atoms with Crippen molar-refractivity contribution in [2.45, 2.75) is 31.2 Å². The van der Waals surface area contributed by atoms with Gasteiger partial charge in [0.25, 0.3) is 0 Å². The van der Waals surface area contributed by atoms with E-state index in [1.54, 1.807) is 11.8 Å². The average Bonchev–Trinajstić information content (AvgIpc) is 2.70. The molecule has 0 saturated heterocycles. The molecule has 1 unspecified atom stereocenters. The molecule has 2 aromatic carbocycles. The van der Waals surface area contributed by atoms with Crippen molar-refractivity contribution < 1.29 is 0 Å². The summed E-state index contributed by atoms with van der Waals surface area (Å²) in [6.07, 6.45) is 3.26. The molecule has 1 aliphatic rings. The monoisotopic (exact) mass is 283 g/mol. The molecule has 1 aliphatic carbocycles. The van der Waals surface area contributed by atoms with E-state index in [1.807, 2.05) is 0 Å². The maximum atomic E-state index is 3.75. The van der Waals surface area contributed by atoms with Crippen molar-refractivity contribution in [3.8, 4) is 0 Å². The lowest BCUT2D eigenvalue weighted by atomic mass is 9.85. The summed E-state index contributed by atoms with van der Waals surface area (Å²) in [7, 11) is 0. The van der Waals surface area contributed by atoms with E-state index in [4.69, 9.17) is 0 Å². The molecule has 1 N–H and O–H groups in total. The Morgan fingerprint density at radius 1 is 1.10 bits per heavy atom. The van der Waals surface area contributed by atoms with Gasteiger partial charge < -0.3 is 5.32 Å². The van der Waals surface area contributed by atoms with Crippen molar-refractivity contribution in [2.24, 2.45) is 5.41 Å². The number of benzene rings is 2. The van der Waals surface area contributed by atoms with Gasteiger partial charge in [0.2, 0.25) is 0 Å². The first kappa shape index (κ1) is 13.6. The molecular weight excluding hydrogens is 262 g/mol. The lowest BCUT2D eigenvalue weighted by Crippen LogP contribution is -2.24. The molecule has 2 aromatic rings. The summed E-state index contributed by atoms with van der Waals surface area (Å²) in [6.45, 7) is 4.70. The smallest absolute Gasteiger partial charge is 0.0570 e. The molecule has 0 amide bonds. The van der Waals surface area contributed by atoms with Crippen LogP contribution < -0.4 is 5.32 Å². The van der Waals surface area contributed by atoms with Crippen LogP contribution in [0, 0.1) is 5.41 Å². The molecule has 0 fully saturated rings. The largest absolute Gasteiger partial charge is 0.378 e. The van der Waals surface area contributed by atoms with Gasteiger partial charge in [0, 0.05) is 10.6 Å². The number of hydrogen-bond donors (Lipinski definition) is 1. The second-order valence-electron chi connectivity index (χ2n) is 6.17. The summed E-state index contributed by atoms with van der Waals surface area (Å²) in [5.41, 5.74) is 4.40. The number of thioether (sulfide) groups is 1. The molecule has 0 saturated carbocycles. The Balaban J connectivity index is 1.92. The Morgan fingerprint density at radius 2 is 1.90 bits per heavy atom. The Kier molecular flexibility index (Phi) is 3.51. The van der Waals surface area contributed by atoms with Crippen molar-refractivity contribution in [2.75, 3.05) is 11.6 Å². The fourth-order valence-corrected chi connectivity index (χ4v) is 3.60. The van der Waals surface area contributed by atoms with Crippen LogP contribution in [0.25, 0.3) is 0 Å². The SMILES string of the molecule is CSc1cccc(NC2c3ccccc3CC2(C)C)c1. The van der Waals surface area contributed by atoms with Crippen LogP contribution in [-0.4, -0.2) is 6.26 Å². The van der Waals surface area contributed by atoms with Gasteiger partial charge in [0.15, 0.2) is 0 Å². The fraction of sp³-hybridized carbons (Fsp3) is 0.333. The highest BCUT2D eigenvalue weighted by molar-refractivity contribution is 7.98. The second kappa shape index (κ2) is 5.17. The maximum absolute atomic E-state index is 3.75. The van der Waals surface area contributed by atoms with E-state index in [9.17, 15) is 0 Å². The third-order valence-electron chi connectivity index (χ3n) is 4.17. The zero-order valence-electron chi connectivity index (χ0n) is 12.3. The zero-order chi connectivity index (χ0) is 14.2. The van der Waals surface area contributed by atoms with E-state index < -0.39 is 0 Å². The van der Waals surface area contributed by atoms with Gasteiger partial charge >= 0.3 is 0 Å². The lowest BCUT2D eigenvalue weighted by Gasteiger charge is -2.29. The molecule has 1 nitrogen and oxygen atoms in total. The summed E-state index contributed by atoms with van der Waals surface area (Å²) in [5.74, 6) is 0. The molecule has 0 radical (unpaired) electrons. The van der Waals surface area contributed by atoms with E-state index in [-0.39, 0.29) is 5.41 Å². The number of hydrogen-bond acceptors (Lipinski definition) is 2. The third-order valence-corrected chi connectivity index (χ3v) is 4.90. The molecule has 0 bridgehead atoms. The van der Waals surface area contributed by atoms with Crippen LogP contribution in [0.5, 0.6) is 0 Å². The fourth-order valence-electron chi connectivity index (χ4n) is 3.14. The highest BCUT2D eigenvalue weighted by Crippen LogP contribution is 2.46. The molecule has 2 heteroatoms. The third kappa shape index (κ3) is 2.45. The van der Waals surface area contributed by atoms with Crippen LogP contribution in [0.1, 0.15) is 31.0 Å². The zero-order valence-corrected chi connectivity index (χ0v) is 13.1. The van der Waals surface area contributed by atoms with Crippen molar-refractivity contribution in [3.63, 3.8) is 0 Å². The van der Waals surface area contributed by atoms with E-state index >= 15 is 0 Å². The Labute approximate surface area is 125 Å². The normalized spacial score (nSPS) is 19.6. The lowest BCUT2D eigenvalue weighted by molar-refractivity contribution is 0.337. The van der Waals surface area contributed by atoms with Crippen molar-refractivity contribution in [3.05, 3.63) is 59.7 Å². The molecule has 0 spiro atoms. The van der Waals surface area contributed by atoms with Crippen LogP contribution in [0.2, 0.25) is 0 Å². The molecule has 20 heavy (non-hydrogen) atoms. The standard InChI is InChI=1S/C18H21NS/c1-18(2)12-13-7-4-5-10-16(13)17(18)19-14-8-6-9-15(11-14)20-3/h4-11,17,19H,12H2,1-3H3. The van der Waals surface area contributed by atoms with Gasteiger partial charge in [-0.05, 0) is 47.4 Å². The topological polar surface area (TPSA) is 12.0 Å². The van der Waals surface area contributed by atoms with Gasteiger partial charge in [-0.1, -0.05) is 44.2 Å². The first-order valence-corrected chi connectivity index (χ1v) is 8.31. The molecule has 3 rings (SSSR count). The van der Waals surface area contributed by atoms with Crippen molar-refractivity contribution >= 4 is 17.4 Å². The van der Waals surface area contributed by atoms with E-state index in [2.05, 4.69) is 74.0 Å². The molecule has 0 heterocycles. The predicted molar refractivity (Wildman–Crippen MR) is 88.5 cm³/mol. The van der Waals surface area contributed by atoms with E-state index in [0.29, 0.717) is 6.04 Å². The first-order chi connectivity index (χ1) is 9.60. The van der Waals surface area contributed by atoms with Gasteiger partial charge in [0.1, 0.15) is 0 Å². The van der Waals surface area contributed by atoms with Crippen molar-refractivity contribution in [1.29, 1.82) is 0 Å². The molecule has 104 valence electrons. The second-order valence-corrected chi connectivity index (χ2v) is 7.05. The minimum Gasteiger partial charge on any atom is -0.378 e. The molecule has 0 aliphatic heterocycles. The maximum Gasteiger partial charge on any atom is 0.0570 e. The van der Waals surface area contributed by atoms with Gasteiger partial charge in [-0.15, -0.1) is 11.8 Å². The summed E-state index contributed by atoms with van der Waals surface area (Å²) in [4.78, 5) is 1.30. The van der Waals surface area contributed by atoms with Gasteiger partial charge in [-0.2, -0.15) is 0 Å². The quantitative estimate of drug-likeness (QED) is 0.782. The van der Waals surface area contributed by atoms with Crippen LogP contribution >= 0.6 is 11.8 Å². The number of fused-ring (bicyclic) bond motifs is 1. The van der Waals surface area contributed by atoms with E-state index in [1.165, 1.54) is 21.7 Å². The Bertz CT molecular complexity index is 618. The van der Waals surface area contributed by atoms with Crippen LogP contribution in [0.4, 0.5) is 5.69 Å². The summed E-state index contributed by atoms with van der Waals surface area (Å²) >= 11 is 1.79. The minimum atomic E-state index is 0.249. The molecular formula is C18H21NS. The van der Waals surface area contributed by atoms with Gasteiger partial charge in [-0.25, -0.2) is 0 Å². The highest BCUT2D eigenvalue weighted by atomic mass is 32.2. The Hall–Kier alpha value is -1.41. The van der Waals surface area contributed by atoms with Crippen LogP contribution in [0.3, 0.4) is 0 Å². The number of nitrogens with one attached hydrogen (secondary N) is 1. The summed E-state index contributed by atoms with van der Waals surface area (Å²) < 4.78 is 0.